The maximum Gasteiger partial charge on any atom is 0.239 e. The zero-order chi connectivity index (χ0) is 11.8. The summed E-state index contributed by atoms with van der Waals surface area (Å²) in [6, 6.07) is 0. The standard InChI is InChI=1S/C11H21N3O2/c1-16-9-4-5-14(6-9)7-11(13,10(12)15)8-2-3-8/h8-9H,2-7,13H2,1H3,(H2,12,15). The minimum absolute atomic E-state index is 0.274. The molecule has 0 aromatic heterocycles. The van der Waals surface area contributed by atoms with Crippen LogP contribution in [0.4, 0.5) is 0 Å². The molecule has 5 heteroatoms. The second-order valence-corrected chi connectivity index (χ2v) is 5.06. The van der Waals surface area contributed by atoms with Crippen LogP contribution in [0.25, 0.3) is 0 Å². The number of nitrogens with two attached hydrogens (primary N) is 2. The first-order chi connectivity index (χ1) is 7.56. The van der Waals surface area contributed by atoms with Crippen molar-refractivity contribution in [3.63, 3.8) is 0 Å². The quantitative estimate of drug-likeness (QED) is 0.650. The van der Waals surface area contributed by atoms with Gasteiger partial charge in [0.2, 0.25) is 5.91 Å². The van der Waals surface area contributed by atoms with Crippen molar-refractivity contribution in [3.8, 4) is 0 Å². The van der Waals surface area contributed by atoms with Crippen LogP contribution in [-0.2, 0) is 9.53 Å². The first kappa shape index (κ1) is 11.8. The van der Waals surface area contributed by atoms with Gasteiger partial charge in [0.05, 0.1) is 6.10 Å². The van der Waals surface area contributed by atoms with Crippen molar-refractivity contribution in [2.45, 2.75) is 30.9 Å². The molecular weight excluding hydrogens is 206 g/mol. The van der Waals surface area contributed by atoms with E-state index in [1.807, 2.05) is 0 Å². The van der Waals surface area contributed by atoms with Crippen molar-refractivity contribution in [2.75, 3.05) is 26.7 Å². The molecule has 2 fully saturated rings. The lowest BCUT2D eigenvalue weighted by Crippen LogP contribution is -2.60. The fraction of sp³-hybridized carbons (Fsp3) is 0.909. The minimum Gasteiger partial charge on any atom is -0.380 e. The van der Waals surface area contributed by atoms with E-state index in [4.69, 9.17) is 16.2 Å². The second-order valence-electron chi connectivity index (χ2n) is 5.06. The molecule has 2 atom stereocenters. The SMILES string of the molecule is COC1CCN(CC(N)(C(N)=O)C2CC2)C1. The number of likely N-dealkylation sites (tertiary alicyclic amines) is 1. The average Bonchev–Trinajstić information content (AvgIpc) is 3.00. The molecule has 1 aliphatic carbocycles. The van der Waals surface area contributed by atoms with Crippen LogP contribution in [0.2, 0.25) is 0 Å². The maximum absolute atomic E-state index is 11.5. The van der Waals surface area contributed by atoms with Gasteiger partial charge in [-0.15, -0.1) is 0 Å². The molecule has 0 bridgehead atoms. The van der Waals surface area contributed by atoms with E-state index in [9.17, 15) is 4.79 Å². The smallest absolute Gasteiger partial charge is 0.239 e. The van der Waals surface area contributed by atoms with Crippen molar-refractivity contribution in [2.24, 2.45) is 17.4 Å². The Labute approximate surface area is 96.1 Å². The summed E-state index contributed by atoms with van der Waals surface area (Å²) in [6.45, 7) is 2.37. The number of ether oxygens (including phenoxy) is 1. The Hall–Kier alpha value is -0.650. The Morgan fingerprint density at radius 3 is 2.62 bits per heavy atom. The second kappa shape index (κ2) is 4.31. The number of amides is 1. The van der Waals surface area contributed by atoms with Gasteiger partial charge in [-0.05, 0) is 25.2 Å². The molecule has 92 valence electrons. The van der Waals surface area contributed by atoms with E-state index < -0.39 is 5.54 Å². The Balaban J connectivity index is 1.94. The zero-order valence-electron chi connectivity index (χ0n) is 9.82. The number of hydrogen-bond donors (Lipinski definition) is 2. The molecule has 1 heterocycles. The third-order valence-corrected chi connectivity index (χ3v) is 3.81. The first-order valence-electron chi connectivity index (χ1n) is 5.90. The van der Waals surface area contributed by atoms with E-state index in [1.165, 1.54) is 0 Å². The Bertz CT molecular complexity index is 280. The summed E-state index contributed by atoms with van der Waals surface area (Å²) in [5.74, 6) is -0.0811. The van der Waals surface area contributed by atoms with Gasteiger partial charge in [0.1, 0.15) is 5.54 Å². The summed E-state index contributed by atoms with van der Waals surface area (Å²) in [4.78, 5) is 13.7. The van der Waals surface area contributed by atoms with E-state index >= 15 is 0 Å². The summed E-state index contributed by atoms with van der Waals surface area (Å²) in [7, 11) is 1.72. The van der Waals surface area contributed by atoms with E-state index in [-0.39, 0.29) is 17.9 Å². The van der Waals surface area contributed by atoms with Crippen LogP contribution in [0.15, 0.2) is 0 Å². The maximum atomic E-state index is 11.5. The highest BCUT2D eigenvalue weighted by Crippen LogP contribution is 2.39. The molecule has 5 nitrogen and oxygen atoms in total. The van der Waals surface area contributed by atoms with Crippen LogP contribution in [0.3, 0.4) is 0 Å². The first-order valence-corrected chi connectivity index (χ1v) is 5.90. The molecule has 1 amide bonds. The van der Waals surface area contributed by atoms with Crippen molar-refractivity contribution >= 4 is 5.91 Å². The fourth-order valence-corrected chi connectivity index (χ4v) is 2.51. The molecular formula is C11H21N3O2. The van der Waals surface area contributed by atoms with Crippen LogP contribution in [0.1, 0.15) is 19.3 Å². The van der Waals surface area contributed by atoms with Crippen molar-refractivity contribution in [1.29, 1.82) is 0 Å². The van der Waals surface area contributed by atoms with E-state index in [1.54, 1.807) is 7.11 Å². The lowest BCUT2D eigenvalue weighted by molar-refractivity contribution is -0.124. The third kappa shape index (κ3) is 2.21. The molecule has 1 aliphatic heterocycles. The van der Waals surface area contributed by atoms with Gasteiger partial charge in [-0.25, -0.2) is 0 Å². The number of primary amides is 1. The molecule has 16 heavy (non-hydrogen) atoms. The number of rotatable bonds is 5. The zero-order valence-corrected chi connectivity index (χ0v) is 9.82. The van der Waals surface area contributed by atoms with Gasteiger partial charge < -0.3 is 16.2 Å². The van der Waals surface area contributed by atoms with E-state index in [0.717, 1.165) is 32.4 Å². The summed E-state index contributed by atoms with van der Waals surface area (Å²) in [5.41, 5.74) is 10.8. The Morgan fingerprint density at radius 1 is 1.50 bits per heavy atom. The van der Waals surface area contributed by atoms with E-state index in [0.29, 0.717) is 6.54 Å². The molecule has 2 aliphatic rings. The van der Waals surface area contributed by atoms with Crippen LogP contribution >= 0.6 is 0 Å². The van der Waals surface area contributed by atoms with Crippen LogP contribution < -0.4 is 11.5 Å². The van der Waals surface area contributed by atoms with Crippen molar-refractivity contribution < 1.29 is 9.53 Å². The van der Waals surface area contributed by atoms with Crippen molar-refractivity contribution in [1.82, 2.24) is 4.90 Å². The van der Waals surface area contributed by atoms with Gasteiger partial charge in [-0.1, -0.05) is 0 Å². The summed E-state index contributed by atoms with van der Waals surface area (Å²) in [5, 5.41) is 0. The van der Waals surface area contributed by atoms with Gasteiger partial charge in [0, 0.05) is 26.7 Å². The Morgan fingerprint density at radius 2 is 2.19 bits per heavy atom. The molecule has 1 saturated heterocycles. The summed E-state index contributed by atoms with van der Waals surface area (Å²) >= 11 is 0. The van der Waals surface area contributed by atoms with E-state index in [2.05, 4.69) is 4.90 Å². The van der Waals surface area contributed by atoms with Gasteiger partial charge in [0.25, 0.3) is 0 Å². The lowest BCUT2D eigenvalue weighted by atomic mass is 9.93. The number of hydrogen-bond acceptors (Lipinski definition) is 4. The van der Waals surface area contributed by atoms with Crippen LogP contribution in [0.5, 0.6) is 0 Å². The number of methoxy groups -OCH3 is 1. The van der Waals surface area contributed by atoms with Gasteiger partial charge >= 0.3 is 0 Å². The third-order valence-electron chi connectivity index (χ3n) is 3.81. The average molecular weight is 227 g/mol. The summed E-state index contributed by atoms with van der Waals surface area (Å²) < 4.78 is 5.29. The number of carbonyl (C=O) groups is 1. The van der Waals surface area contributed by atoms with Crippen molar-refractivity contribution in [3.05, 3.63) is 0 Å². The predicted octanol–water partition coefficient (Wildman–Crippen LogP) is -0.700. The molecule has 1 saturated carbocycles. The highest BCUT2D eigenvalue weighted by Gasteiger charge is 2.48. The normalized spacial score (nSPS) is 30.2. The monoisotopic (exact) mass is 227 g/mol. The molecule has 2 unspecified atom stereocenters. The molecule has 0 spiro atoms. The highest BCUT2D eigenvalue weighted by atomic mass is 16.5. The van der Waals surface area contributed by atoms with Gasteiger partial charge in [-0.3, -0.25) is 9.69 Å². The summed E-state index contributed by atoms with van der Waals surface area (Å²) in [6.07, 6.45) is 3.34. The van der Waals surface area contributed by atoms with Crippen LogP contribution in [0, 0.1) is 5.92 Å². The van der Waals surface area contributed by atoms with Gasteiger partial charge in [0.15, 0.2) is 0 Å². The molecule has 0 aromatic rings. The Kier molecular flexibility index (Phi) is 3.19. The lowest BCUT2D eigenvalue weighted by Gasteiger charge is -2.30. The minimum atomic E-state index is -0.831. The molecule has 2 rings (SSSR count). The fourth-order valence-electron chi connectivity index (χ4n) is 2.51. The molecule has 4 N–H and O–H groups in total. The molecule has 0 radical (unpaired) electrons. The van der Waals surface area contributed by atoms with Gasteiger partial charge in [-0.2, -0.15) is 0 Å². The largest absolute Gasteiger partial charge is 0.380 e. The number of nitrogens with zero attached hydrogens (tertiary/aromatic N) is 1. The predicted molar refractivity (Wildman–Crippen MR) is 60.7 cm³/mol. The number of carbonyl (C=O) groups excluding carboxylic acids is 1. The highest BCUT2D eigenvalue weighted by molar-refractivity contribution is 5.85. The van der Waals surface area contributed by atoms with Crippen LogP contribution in [-0.4, -0.2) is 49.2 Å². The topological polar surface area (TPSA) is 81.6 Å². The molecule has 0 aromatic carbocycles.